The maximum absolute atomic E-state index is 11.5. The Morgan fingerprint density at radius 3 is 2.65 bits per heavy atom. The van der Waals surface area contributed by atoms with Gasteiger partial charge in [-0.25, -0.2) is 13.4 Å². The zero-order valence-corrected chi connectivity index (χ0v) is 12.9. The third kappa shape index (κ3) is 4.04. The van der Waals surface area contributed by atoms with Crippen molar-refractivity contribution in [3.05, 3.63) is 12.4 Å². The van der Waals surface area contributed by atoms with E-state index >= 15 is 0 Å². The van der Waals surface area contributed by atoms with Crippen LogP contribution in [0.3, 0.4) is 0 Å². The number of hydrogen-bond donors (Lipinski definition) is 1. The normalized spacial score (nSPS) is 20.1. The molecule has 6 nitrogen and oxygen atoms in total. The molecule has 7 heteroatoms. The van der Waals surface area contributed by atoms with E-state index < -0.39 is 15.9 Å². The molecule has 0 aromatic carbocycles. The molecule has 1 N–H and O–H groups in total. The van der Waals surface area contributed by atoms with Crippen molar-refractivity contribution >= 4 is 9.84 Å². The Labute approximate surface area is 120 Å². The van der Waals surface area contributed by atoms with Crippen molar-refractivity contribution in [3.63, 3.8) is 0 Å². The predicted octanol–water partition coefficient (Wildman–Crippen LogP) is 0.379. The number of aromatic nitrogens is 2. The van der Waals surface area contributed by atoms with Gasteiger partial charge in [0.1, 0.15) is 0 Å². The lowest BCUT2D eigenvalue weighted by Gasteiger charge is -2.31. The molecule has 1 atom stereocenters. The van der Waals surface area contributed by atoms with Crippen LogP contribution in [0.2, 0.25) is 0 Å². The van der Waals surface area contributed by atoms with Crippen molar-refractivity contribution in [2.75, 3.05) is 25.9 Å². The summed E-state index contributed by atoms with van der Waals surface area (Å²) in [6, 6.07) is 0. The minimum absolute atomic E-state index is 0.0174. The molecule has 1 aromatic rings. The van der Waals surface area contributed by atoms with E-state index in [1.165, 1.54) is 10.8 Å². The van der Waals surface area contributed by atoms with Gasteiger partial charge in [0.25, 0.3) is 0 Å². The molecule has 1 aliphatic rings. The van der Waals surface area contributed by atoms with Gasteiger partial charge in [-0.15, -0.1) is 0 Å². The fourth-order valence-electron chi connectivity index (χ4n) is 2.59. The van der Waals surface area contributed by atoms with Gasteiger partial charge in [0.2, 0.25) is 15.0 Å². The quantitative estimate of drug-likeness (QED) is 0.851. The molecule has 0 unspecified atom stereocenters. The fourth-order valence-corrected chi connectivity index (χ4v) is 3.40. The molecule has 1 aromatic heterocycles. The first-order valence-electron chi connectivity index (χ1n) is 6.98. The molecule has 2 heterocycles. The number of imidazole rings is 1. The lowest BCUT2D eigenvalue weighted by atomic mass is 9.99. The van der Waals surface area contributed by atoms with Crippen molar-refractivity contribution in [1.29, 1.82) is 0 Å². The molecule has 0 radical (unpaired) electrons. The van der Waals surface area contributed by atoms with Gasteiger partial charge in [-0.1, -0.05) is 6.92 Å². The molecule has 0 amide bonds. The molecule has 0 bridgehead atoms. The average molecular weight is 301 g/mol. The highest BCUT2D eigenvalue weighted by molar-refractivity contribution is 7.90. The van der Waals surface area contributed by atoms with Crippen LogP contribution in [0.5, 0.6) is 0 Å². The maximum Gasteiger partial charge on any atom is 0.227 e. The third-order valence-corrected chi connectivity index (χ3v) is 4.76. The lowest BCUT2D eigenvalue weighted by molar-refractivity contribution is 0.0784. The van der Waals surface area contributed by atoms with Crippen LogP contribution in [0.1, 0.15) is 19.8 Å². The second-order valence-corrected chi connectivity index (χ2v) is 7.68. The Balaban J connectivity index is 1.92. The van der Waals surface area contributed by atoms with Crippen molar-refractivity contribution in [2.24, 2.45) is 5.92 Å². The zero-order chi connectivity index (χ0) is 14.8. The number of hydrogen-bond acceptors (Lipinski definition) is 5. The standard InChI is InChI=1S/C13H23N3O3S/c1-11-3-6-15(7-4-11)9-12(17)10-16-8-5-14-13(16)20(2,18)19/h5,8,11-12,17H,3-4,6-7,9-10H2,1-2H3/t12-/m0/s1. The van der Waals surface area contributed by atoms with Gasteiger partial charge in [-0.3, -0.25) is 0 Å². The monoisotopic (exact) mass is 301 g/mol. The Kier molecular flexibility index (Phi) is 4.82. The van der Waals surface area contributed by atoms with Gasteiger partial charge < -0.3 is 14.6 Å². The Hall–Kier alpha value is -0.920. The lowest BCUT2D eigenvalue weighted by Crippen LogP contribution is -2.39. The van der Waals surface area contributed by atoms with Crippen molar-refractivity contribution in [1.82, 2.24) is 14.5 Å². The van der Waals surface area contributed by atoms with Crippen LogP contribution in [0.25, 0.3) is 0 Å². The summed E-state index contributed by atoms with van der Waals surface area (Å²) in [6.45, 7) is 5.09. The first-order valence-corrected chi connectivity index (χ1v) is 8.87. The summed E-state index contributed by atoms with van der Waals surface area (Å²) in [6.07, 6.45) is 5.91. The van der Waals surface area contributed by atoms with Gasteiger partial charge in [0.15, 0.2) is 0 Å². The smallest absolute Gasteiger partial charge is 0.227 e. The first kappa shape index (κ1) is 15.5. The topological polar surface area (TPSA) is 75.4 Å². The van der Waals surface area contributed by atoms with Gasteiger partial charge in [0.05, 0.1) is 12.6 Å². The molecule has 20 heavy (non-hydrogen) atoms. The largest absolute Gasteiger partial charge is 0.390 e. The number of rotatable bonds is 5. The van der Waals surface area contributed by atoms with Crippen molar-refractivity contribution < 1.29 is 13.5 Å². The molecule has 0 spiro atoms. The summed E-state index contributed by atoms with van der Waals surface area (Å²) in [7, 11) is -3.35. The number of aliphatic hydroxyl groups is 1. The highest BCUT2D eigenvalue weighted by Gasteiger charge is 2.20. The van der Waals surface area contributed by atoms with E-state index in [1.807, 2.05) is 0 Å². The Morgan fingerprint density at radius 1 is 1.40 bits per heavy atom. The van der Waals surface area contributed by atoms with E-state index in [1.54, 1.807) is 6.20 Å². The van der Waals surface area contributed by atoms with E-state index in [-0.39, 0.29) is 11.7 Å². The van der Waals surface area contributed by atoms with E-state index in [9.17, 15) is 13.5 Å². The van der Waals surface area contributed by atoms with Gasteiger partial charge in [-0.05, 0) is 31.8 Å². The summed E-state index contributed by atoms with van der Waals surface area (Å²) in [5.41, 5.74) is 0. The number of nitrogens with zero attached hydrogens (tertiary/aromatic N) is 3. The fraction of sp³-hybridized carbons (Fsp3) is 0.769. The number of β-amino-alcohol motifs (C(OH)–C–C–N with tert-alkyl or cyclic N) is 1. The van der Waals surface area contributed by atoms with Crippen LogP contribution in [-0.4, -0.2) is 60.0 Å². The molecule has 1 fully saturated rings. The van der Waals surface area contributed by atoms with Crippen LogP contribution in [0.15, 0.2) is 17.6 Å². The number of piperidine rings is 1. The van der Waals surface area contributed by atoms with Gasteiger partial charge in [0, 0.05) is 25.2 Å². The second kappa shape index (κ2) is 6.24. The van der Waals surface area contributed by atoms with Crippen LogP contribution in [-0.2, 0) is 16.4 Å². The van der Waals surface area contributed by atoms with Gasteiger partial charge >= 0.3 is 0 Å². The molecule has 0 aliphatic carbocycles. The Bertz CT molecular complexity index is 533. The molecule has 1 aliphatic heterocycles. The van der Waals surface area contributed by atoms with Gasteiger partial charge in [-0.2, -0.15) is 0 Å². The SMILES string of the molecule is CC1CCN(C[C@H](O)Cn2ccnc2S(C)(=O)=O)CC1. The third-order valence-electron chi connectivity index (χ3n) is 3.76. The minimum Gasteiger partial charge on any atom is -0.390 e. The average Bonchev–Trinajstić information content (AvgIpc) is 2.80. The first-order chi connectivity index (χ1) is 9.36. The summed E-state index contributed by atoms with van der Waals surface area (Å²) < 4.78 is 24.6. The van der Waals surface area contributed by atoms with Crippen molar-refractivity contribution in [3.8, 4) is 0 Å². The van der Waals surface area contributed by atoms with Crippen LogP contribution in [0, 0.1) is 5.92 Å². The zero-order valence-electron chi connectivity index (χ0n) is 12.1. The molecular weight excluding hydrogens is 278 g/mol. The predicted molar refractivity (Wildman–Crippen MR) is 76.2 cm³/mol. The van der Waals surface area contributed by atoms with E-state index in [4.69, 9.17) is 0 Å². The number of likely N-dealkylation sites (tertiary alicyclic amines) is 1. The van der Waals surface area contributed by atoms with E-state index in [0.717, 1.165) is 38.1 Å². The minimum atomic E-state index is -3.35. The Morgan fingerprint density at radius 2 is 2.05 bits per heavy atom. The molecular formula is C13H23N3O3S. The summed E-state index contributed by atoms with van der Waals surface area (Å²) in [4.78, 5) is 6.09. The molecule has 0 saturated carbocycles. The molecule has 2 rings (SSSR count). The maximum atomic E-state index is 11.5. The summed E-state index contributed by atoms with van der Waals surface area (Å²) in [5.74, 6) is 0.758. The highest BCUT2D eigenvalue weighted by atomic mass is 32.2. The van der Waals surface area contributed by atoms with Crippen LogP contribution in [0.4, 0.5) is 0 Å². The van der Waals surface area contributed by atoms with E-state index in [0.29, 0.717) is 6.54 Å². The molecule has 114 valence electrons. The molecule has 1 saturated heterocycles. The summed E-state index contributed by atoms with van der Waals surface area (Å²) >= 11 is 0. The summed E-state index contributed by atoms with van der Waals surface area (Å²) in [5, 5.41) is 10.2. The second-order valence-electron chi connectivity index (χ2n) is 5.77. The number of aliphatic hydroxyl groups excluding tert-OH is 1. The van der Waals surface area contributed by atoms with E-state index in [2.05, 4.69) is 16.8 Å². The van der Waals surface area contributed by atoms with Crippen LogP contribution >= 0.6 is 0 Å². The number of sulfone groups is 1. The van der Waals surface area contributed by atoms with Crippen molar-refractivity contribution in [2.45, 2.75) is 37.6 Å². The highest BCUT2D eigenvalue weighted by Crippen LogP contribution is 2.16. The van der Waals surface area contributed by atoms with Crippen LogP contribution < -0.4 is 0 Å².